The number of carboxylic acids is 1. The van der Waals surface area contributed by atoms with Gasteiger partial charge in [0.1, 0.15) is 12.4 Å². The maximum Gasteiger partial charge on any atom is 0.304 e. The van der Waals surface area contributed by atoms with E-state index in [0.29, 0.717) is 13.2 Å². The van der Waals surface area contributed by atoms with Crippen molar-refractivity contribution >= 4 is 11.7 Å². The van der Waals surface area contributed by atoms with Crippen LogP contribution in [-0.2, 0) is 11.2 Å². The van der Waals surface area contributed by atoms with E-state index in [2.05, 4.69) is 16.7 Å². The van der Waals surface area contributed by atoms with Gasteiger partial charge in [0.25, 0.3) is 0 Å². The van der Waals surface area contributed by atoms with Gasteiger partial charge in [-0.05, 0) is 30.7 Å². The molecule has 1 aliphatic rings. The topological polar surface area (TPSA) is 70.6 Å². The van der Waals surface area contributed by atoms with Gasteiger partial charge in [0.2, 0.25) is 0 Å². The lowest BCUT2D eigenvalue weighted by Gasteiger charge is -2.19. The van der Waals surface area contributed by atoms with Crippen LogP contribution in [0.15, 0.2) is 18.2 Å². The number of ether oxygens (including phenoxy) is 1. The van der Waals surface area contributed by atoms with Crippen molar-refractivity contribution in [2.75, 3.05) is 31.6 Å². The Labute approximate surface area is 106 Å². The van der Waals surface area contributed by atoms with Crippen LogP contribution in [0.2, 0.25) is 0 Å². The highest BCUT2D eigenvalue weighted by molar-refractivity contribution is 5.66. The van der Waals surface area contributed by atoms with Gasteiger partial charge >= 0.3 is 5.97 Å². The predicted molar refractivity (Wildman–Crippen MR) is 69.3 cm³/mol. The smallest absolute Gasteiger partial charge is 0.304 e. The van der Waals surface area contributed by atoms with Gasteiger partial charge < -0.3 is 20.5 Å². The molecule has 0 aromatic heterocycles. The van der Waals surface area contributed by atoms with Crippen molar-refractivity contribution in [3.63, 3.8) is 0 Å². The third kappa shape index (κ3) is 3.63. The molecule has 0 aliphatic carbocycles. The molecule has 0 atom stereocenters. The summed E-state index contributed by atoms with van der Waals surface area (Å²) in [5, 5.41) is 14.9. The molecular formula is C13H18N2O3. The number of hydrogen-bond acceptors (Lipinski definition) is 4. The first-order valence-corrected chi connectivity index (χ1v) is 6.18. The van der Waals surface area contributed by atoms with E-state index in [1.54, 1.807) is 0 Å². The fourth-order valence-electron chi connectivity index (χ4n) is 1.90. The van der Waals surface area contributed by atoms with Crippen molar-refractivity contribution < 1.29 is 14.6 Å². The van der Waals surface area contributed by atoms with Crippen molar-refractivity contribution in [1.29, 1.82) is 0 Å². The van der Waals surface area contributed by atoms with Crippen LogP contribution in [0.3, 0.4) is 0 Å². The normalized spacial score (nSPS) is 13.3. The zero-order chi connectivity index (χ0) is 12.8. The Morgan fingerprint density at radius 1 is 1.44 bits per heavy atom. The summed E-state index contributed by atoms with van der Waals surface area (Å²) in [7, 11) is 0. The Bertz CT molecular complexity index is 421. The van der Waals surface area contributed by atoms with Gasteiger partial charge in [0.15, 0.2) is 0 Å². The fraction of sp³-hybridized carbons (Fsp3) is 0.462. The number of carbonyl (C=O) groups is 1. The Morgan fingerprint density at radius 2 is 2.33 bits per heavy atom. The first-order valence-electron chi connectivity index (χ1n) is 6.18. The second kappa shape index (κ2) is 6.26. The van der Waals surface area contributed by atoms with Crippen LogP contribution in [-0.4, -0.2) is 37.3 Å². The molecule has 0 radical (unpaired) electrons. The Hall–Kier alpha value is -1.75. The number of rotatable bonds is 6. The second-order valence-electron chi connectivity index (χ2n) is 4.25. The molecular weight excluding hydrogens is 232 g/mol. The Morgan fingerprint density at radius 3 is 3.17 bits per heavy atom. The van der Waals surface area contributed by atoms with E-state index in [-0.39, 0.29) is 6.42 Å². The number of hydrogen-bond donors (Lipinski definition) is 3. The van der Waals surface area contributed by atoms with Crippen LogP contribution in [0.4, 0.5) is 5.69 Å². The monoisotopic (exact) mass is 250 g/mol. The lowest BCUT2D eigenvalue weighted by atomic mass is 10.1. The van der Waals surface area contributed by atoms with Gasteiger partial charge in [-0.15, -0.1) is 0 Å². The maximum atomic E-state index is 10.3. The molecule has 2 rings (SSSR count). The van der Waals surface area contributed by atoms with E-state index < -0.39 is 5.97 Å². The third-order valence-corrected chi connectivity index (χ3v) is 2.83. The van der Waals surface area contributed by atoms with Crippen LogP contribution in [0, 0.1) is 0 Å². The Kier molecular flexibility index (Phi) is 4.41. The highest BCUT2D eigenvalue weighted by Crippen LogP contribution is 2.27. The largest absolute Gasteiger partial charge is 0.490 e. The van der Waals surface area contributed by atoms with Gasteiger partial charge in [-0.2, -0.15) is 0 Å². The summed E-state index contributed by atoms with van der Waals surface area (Å²) in [6.45, 7) is 2.85. The number of nitrogens with one attached hydrogen (secondary N) is 2. The lowest BCUT2D eigenvalue weighted by molar-refractivity contribution is -0.136. The van der Waals surface area contributed by atoms with Crippen LogP contribution in [0.25, 0.3) is 0 Å². The molecule has 0 saturated heterocycles. The van der Waals surface area contributed by atoms with Crippen LogP contribution >= 0.6 is 0 Å². The van der Waals surface area contributed by atoms with Crippen LogP contribution < -0.4 is 15.4 Å². The minimum atomic E-state index is -0.766. The zero-order valence-corrected chi connectivity index (χ0v) is 10.2. The lowest BCUT2D eigenvalue weighted by Crippen LogP contribution is -2.21. The van der Waals surface area contributed by atoms with E-state index in [0.717, 1.165) is 30.9 Å². The molecule has 1 aromatic rings. The molecule has 0 saturated carbocycles. The first-order chi connectivity index (χ1) is 8.75. The molecule has 0 spiro atoms. The van der Waals surface area contributed by atoms with E-state index in [1.165, 1.54) is 5.56 Å². The maximum absolute atomic E-state index is 10.3. The molecule has 0 amide bonds. The van der Waals surface area contributed by atoms with Gasteiger partial charge in [0, 0.05) is 13.1 Å². The summed E-state index contributed by atoms with van der Waals surface area (Å²) >= 11 is 0. The summed E-state index contributed by atoms with van der Waals surface area (Å²) in [6, 6.07) is 6.12. The van der Waals surface area contributed by atoms with Crippen LogP contribution in [0.1, 0.15) is 12.0 Å². The predicted octanol–water partition coefficient (Wildman–Crippen LogP) is 1.10. The van der Waals surface area contributed by atoms with Gasteiger partial charge in [-0.3, -0.25) is 4.79 Å². The van der Waals surface area contributed by atoms with Crippen molar-refractivity contribution in [3.8, 4) is 5.75 Å². The molecule has 1 aliphatic heterocycles. The Balaban J connectivity index is 1.77. The highest BCUT2D eigenvalue weighted by atomic mass is 16.5. The molecule has 5 nitrogen and oxygen atoms in total. The minimum Gasteiger partial charge on any atom is -0.490 e. The third-order valence-electron chi connectivity index (χ3n) is 2.83. The summed E-state index contributed by atoms with van der Waals surface area (Å²) in [6.07, 6.45) is 1.05. The molecule has 98 valence electrons. The van der Waals surface area contributed by atoms with Crippen molar-refractivity contribution in [2.45, 2.75) is 12.8 Å². The molecule has 0 fully saturated rings. The molecule has 18 heavy (non-hydrogen) atoms. The highest BCUT2D eigenvalue weighted by Gasteiger charge is 2.09. The van der Waals surface area contributed by atoms with Gasteiger partial charge in [-0.1, -0.05) is 6.07 Å². The summed E-state index contributed by atoms with van der Waals surface area (Å²) in [5.74, 6) is 0.140. The SMILES string of the molecule is O=C(O)CCNCCc1ccc2c(c1)NCCO2. The van der Waals surface area contributed by atoms with Crippen molar-refractivity contribution in [3.05, 3.63) is 23.8 Å². The average Bonchev–Trinajstić information content (AvgIpc) is 2.38. The quantitative estimate of drug-likeness (QED) is 0.659. The number of benzene rings is 1. The number of anilines is 1. The van der Waals surface area contributed by atoms with E-state index >= 15 is 0 Å². The molecule has 5 heteroatoms. The van der Waals surface area contributed by atoms with E-state index in [1.807, 2.05) is 12.1 Å². The van der Waals surface area contributed by atoms with Crippen LogP contribution in [0.5, 0.6) is 5.75 Å². The standard InChI is InChI=1S/C13H18N2O3/c16-13(17)4-6-14-5-3-10-1-2-12-11(9-10)15-7-8-18-12/h1-2,9,14-15H,3-8H2,(H,16,17). The average molecular weight is 250 g/mol. The number of fused-ring (bicyclic) bond motifs is 1. The van der Waals surface area contributed by atoms with Crippen molar-refractivity contribution in [1.82, 2.24) is 5.32 Å². The molecule has 0 unspecified atom stereocenters. The number of aliphatic carboxylic acids is 1. The summed E-state index contributed by atoms with van der Waals surface area (Å²) < 4.78 is 5.50. The summed E-state index contributed by atoms with van der Waals surface area (Å²) in [5.41, 5.74) is 2.26. The molecule has 1 heterocycles. The zero-order valence-electron chi connectivity index (χ0n) is 10.2. The first kappa shape index (κ1) is 12.7. The molecule has 3 N–H and O–H groups in total. The second-order valence-corrected chi connectivity index (χ2v) is 4.25. The number of carboxylic acid groups (broad SMARTS) is 1. The van der Waals surface area contributed by atoms with E-state index in [9.17, 15) is 4.79 Å². The van der Waals surface area contributed by atoms with E-state index in [4.69, 9.17) is 9.84 Å². The fourth-order valence-corrected chi connectivity index (χ4v) is 1.90. The molecule has 0 bridgehead atoms. The van der Waals surface area contributed by atoms with Gasteiger partial charge in [0.05, 0.1) is 12.1 Å². The minimum absolute atomic E-state index is 0.166. The van der Waals surface area contributed by atoms with Crippen molar-refractivity contribution in [2.24, 2.45) is 0 Å². The summed E-state index contributed by atoms with van der Waals surface area (Å²) in [4.78, 5) is 10.3. The van der Waals surface area contributed by atoms with Gasteiger partial charge in [-0.25, -0.2) is 0 Å². The molecule has 1 aromatic carbocycles.